The molecule has 0 N–H and O–H groups in total. The van der Waals surface area contributed by atoms with Crippen molar-refractivity contribution in [3.63, 3.8) is 0 Å². The lowest BCUT2D eigenvalue weighted by Crippen LogP contribution is -2.23. The van der Waals surface area contributed by atoms with Crippen molar-refractivity contribution in [3.8, 4) is 17.7 Å². The van der Waals surface area contributed by atoms with Gasteiger partial charge in [0.15, 0.2) is 0 Å². The molecular weight excluding hydrogens is 408 g/mol. The molecule has 0 saturated heterocycles. The molecule has 3 aromatic carbocycles. The summed E-state index contributed by atoms with van der Waals surface area (Å²) in [4.78, 5) is 4.70. The molecular formula is C29H28N2O2. The monoisotopic (exact) mass is 436 g/mol. The van der Waals surface area contributed by atoms with Gasteiger partial charge in [0.25, 0.3) is 0 Å². The van der Waals surface area contributed by atoms with E-state index in [1.807, 2.05) is 79.7 Å². The van der Waals surface area contributed by atoms with Gasteiger partial charge in [-0.25, -0.2) is 4.98 Å². The molecule has 1 heterocycles. The standard InChI is InChI=1S/C29H28N2O2/c1-4-23-16-24-13-14-25(17-27(24)31-28(23)32-3)29(2,20-30)18-22-11-8-12-26(15-22)33-19-21-9-6-5-7-10-21/h5-17H,4,18-19H2,1-3H3. The van der Waals surface area contributed by atoms with E-state index in [-0.39, 0.29) is 0 Å². The number of hydrogen-bond acceptors (Lipinski definition) is 4. The van der Waals surface area contributed by atoms with Crippen LogP contribution in [0.25, 0.3) is 10.9 Å². The van der Waals surface area contributed by atoms with Gasteiger partial charge in [0.2, 0.25) is 5.88 Å². The van der Waals surface area contributed by atoms with Gasteiger partial charge in [-0.3, -0.25) is 0 Å². The molecule has 166 valence electrons. The number of ether oxygens (including phenoxy) is 2. The zero-order valence-electron chi connectivity index (χ0n) is 19.3. The van der Waals surface area contributed by atoms with E-state index in [0.29, 0.717) is 18.9 Å². The van der Waals surface area contributed by atoms with Gasteiger partial charge < -0.3 is 9.47 Å². The Balaban J connectivity index is 1.58. The molecule has 33 heavy (non-hydrogen) atoms. The second-order valence-corrected chi connectivity index (χ2v) is 8.46. The van der Waals surface area contributed by atoms with Crippen LogP contribution >= 0.6 is 0 Å². The Kier molecular flexibility index (Phi) is 6.60. The van der Waals surface area contributed by atoms with Gasteiger partial charge >= 0.3 is 0 Å². The van der Waals surface area contributed by atoms with Crippen molar-refractivity contribution >= 4 is 10.9 Å². The van der Waals surface area contributed by atoms with Crippen LogP contribution in [-0.2, 0) is 24.9 Å². The third-order valence-corrected chi connectivity index (χ3v) is 6.02. The zero-order chi connectivity index (χ0) is 23.3. The number of rotatable bonds is 8. The lowest BCUT2D eigenvalue weighted by molar-refractivity contribution is 0.306. The van der Waals surface area contributed by atoms with Crippen molar-refractivity contribution < 1.29 is 9.47 Å². The Hall–Kier alpha value is -3.84. The average molecular weight is 437 g/mol. The fourth-order valence-electron chi connectivity index (χ4n) is 4.07. The highest BCUT2D eigenvalue weighted by molar-refractivity contribution is 5.81. The van der Waals surface area contributed by atoms with E-state index in [1.54, 1.807) is 7.11 Å². The van der Waals surface area contributed by atoms with Gasteiger partial charge in [-0.15, -0.1) is 0 Å². The molecule has 4 aromatic rings. The van der Waals surface area contributed by atoms with Crippen LogP contribution in [0.5, 0.6) is 11.6 Å². The second-order valence-electron chi connectivity index (χ2n) is 8.46. The molecule has 0 amide bonds. The molecule has 4 nitrogen and oxygen atoms in total. The van der Waals surface area contributed by atoms with Crippen LogP contribution in [0.4, 0.5) is 0 Å². The first-order valence-electron chi connectivity index (χ1n) is 11.2. The van der Waals surface area contributed by atoms with E-state index in [4.69, 9.17) is 14.5 Å². The molecule has 0 spiro atoms. The van der Waals surface area contributed by atoms with Crippen LogP contribution in [-0.4, -0.2) is 12.1 Å². The fourth-order valence-corrected chi connectivity index (χ4v) is 4.07. The Bertz CT molecular complexity index is 1290. The normalized spacial score (nSPS) is 12.7. The van der Waals surface area contributed by atoms with E-state index >= 15 is 0 Å². The van der Waals surface area contributed by atoms with Crippen LogP contribution in [0.3, 0.4) is 0 Å². The van der Waals surface area contributed by atoms with E-state index in [1.165, 1.54) is 0 Å². The van der Waals surface area contributed by atoms with Gasteiger partial charge in [-0.1, -0.05) is 61.5 Å². The minimum absolute atomic E-state index is 0.512. The summed E-state index contributed by atoms with van der Waals surface area (Å²) in [7, 11) is 1.64. The molecule has 0 radical (unpaired) electrons. The largest absolute Gasteiger partial charge is 0.489 e. The zero-order valence-corrected chi connectivity index (χ0v) is 19.3. The summed E-state index contributed by atoms with van der Waals surface area (Å²) in [6.45, 7) is 4.57. The molecule has 0 aliphatic rings. The smallest absolute Gasteiger partial charge is 0.216 e. The van der Waals surface area contributed by atoms with Crippen LogP contribution < -0.4 is 9.47 Å². The third-order valence-electron chi connectivity index (χ3n) is 6.02. The number of nitriles is 1. The number of methoxy groups -OCH3 is 1. The first-order valence-corrected chi connectivity index (χ1v) is 11.2. The Labute approximate surface area is 195 Å². The molecule has 0 aliphatic carbocycles. The summed E-state index contributed by atoms with van der Waals surface area (Å²) in [5.74, 6) is 1.44. The summed E-state index contributed by atoms with van der Waals surface area (Å²) in [6, 6.07) is 28.8. The summed E-state index contributed by atoms with van der Waals surface area (Å²) in [5.41, 5.74) is 4.32. The van der Waals surface area contributed by atoms with Gasteiger partial charge in [0.05, 0.1) is 24.1 Å². The minimum atomic E-state index is -0.704. The maximum Gasteiger partial charge on any atom is 0.216 e. The number of aryl methyl sites for hydroxylation is 1. The molecule has 0 aliphatic heterocycles. The number of hydrogen-bond donors (Lipinski definition) is 0. The SMILES string of the molecule is CCc1cc2ccc(C(C)(C#N)Cc3cccc(OCc4ccccc4)c3)cc2nc1OC. The highest BCUT2D eigenvalue weighted by Gasteiger charge is 2.27. The van der Waals surface area contributed by atoms with Gasteiger partial charge in [0.1, 0.15) is 12.4 Å². The summed E-state index contributed by atoms with van der Waals surface area (Å²) >= 11 is 0. The van der Waals surface area contributed by atoms with Crippen molar-refractivity contribution in [3.05, 3.63) is 101 Å². The van der Waals surface area contributed by atoms with E-state index in [2.05, 4.69) is 19.1 Å². The van der Waals surface area contributed by atoms with Gasteiger partial charge in [-0.2, -0.15) is 5.26 Å². The van der Waals surface area contributed by atoms with Crippen molar-refractivity contribution in [2.24, 2.45) is 0 Å². The maximum atomic E-state index is 10.2. The van der Waals surface area contributed by atoms with Crippen molar-refractivity contribution in [1.29, 1.82) is 5.26 Å². The van der Waals surface area contributed by atoms with Crippen LogP contribution in [0.15, 0.2) is 78.9 Å². The lowest BCUT2D eigenvalue weighted by atomic mass is 9.78. The van der Waals surface area contributed by atoms with E-state index in [0.717, 1.165) is 45.3 Å². The molecule has 1 aromatic heterocycles. The van der Waals surface area contributed by atoms with E-state index in [9.17, 15) is 5.26 Å². The number of nitrogens with zero attached hydrogens (tertiary/aromatic N) is 2. The highest BCUT2D eigenvalue weighted by atomic mass is 16.5. The van der Waals surface area contributed by atoms with Crippen LogP contribution in [0, 0.1) is 11.3 Å². The number of pyridine rings is 1. The fraction of sp³-hybridized carbons (Fsp3) is 0.241. The second kappa shape index (κ2) is 9.75. The molecule has 4 heteroatoms. The number of aromatic nitrogens is 1. The topological polar surface area (TPSA) is 55.1 Å². The number of fused-ring (bicyclic) bond motifs is 1. The predicted molar refractivity (Wildman–Crippen MR) is 132 cm³/mol. The van der Waals surface area contributed by atoms with Crippen molar-refractivity contribution in [1.82, 2.24) is 4.98 Å². The number of benzene rings is 3. The predicted octanol–water partition coefficient (Wildman–Crippen LogP) is 6.41. The first-order chi connectivity index (χ1) is 16.0. The molecule has 4 rings (SSSR count). The maximum absolute atomic E-state index is 10.2. The third kappa shape index (κ3) is 4.99. The molecule has 1 unspecified atom stereocenters. The Morgan fingerprint density at radius 2 is 1.73 bits per heavy atom. The van der Waals surface area contributed by atoms with Crippen LogP contribution in [0.2, 0.25) is 0 Å². The Morgan fingerprint density at radius 1 is 0.939 bits per heavy atom. The first kappa shape index (κ1) is 22.4. The quantitative estimate of drug-likeness (QED) is 0.320. The highest BCUT2D eigenvalue weighted by Crippen LogP contribution is 2.32. The van der Waals surface area contributed by atoms with Gasteiger partial charge in [0, 0.05) is 10.9 Å². The minimum Gasteiger partial charge on any atom is -0.489 e. The molecule has 0 fully saturated rings. The van der Waals surface area contributed by atoms with Crippen molar-refractivity contribution in [2.75, 3.05) is 7.11 Å². The summed E-state index contributed by atoms with van der Waals surface area (Å²) in [6.07, 6.45) is 1.42. The molecule has 0 bridgehead atoms. The van der Waals surface area contributed by atoms with Crippen LogP contribution in [0.1, 0.15) is 36.1 Å². The molecule has 1 atom stereocenters. The summed E-state index contributed by atoms with van der Waals surface area (Å²) < 4.78 is 11.5. The Morgan fingerprint density at radius 3 is 2.45 bits per heavy atom. The summed E-state index contributed by atoms with van der Waals surface area (Å²) in [5, 5.41) is 11.2. The lowest BCUT2D eigenvalue weighted by Gasteiger charge is -2.23. The average Bonchev–Trinajstić information content (AvgIpc) is 2.87. The van der Waals surface area contributed by atoms with Crippen molar-refractivity contribution in [2.45, 2.75) is 38.7 Å². The van der Waals surface area contributed by atoms with E-state index < -0.39 is 5.41 Å². The molecule has 0 saturated carbocycles. The van der Waals surface area contributed by atoms with Gasteiger partial charge in [-0.05, 0) is 60.7 Å².